The number of aryl methyl sites for hydroxylation is 1. The van der Waals surface area contributed by atoms with Crippen LogP contribution in [0.5, 0.6) is 0 Å². The van der Waals surface area contributed by atoms with Gasteiger partial charge in [0.05, 0.1) is 26.7 Å². The molecule has 2 aromatic heterocycles. The van der Waals surface area contributed by atoms with Crippen molar-refractivity contribution in [3.8, 4) is 0 Å². The predicted octanol–water partition coefficient (Wildman–Crippen LogP) is 6.21. The largest absolute Gasteiger partial charge is 0.503 e. The molecule has 3 heterocycles. The van der Waals surface area contributed by atoms with Crippen LogP contribution in [-0.2, 0) is 4.79 Å². The van der Waals surface area contributed by atoms with Crippen molar-refractivity contribution in [2.45, 2.75) is 13.0 Å². The number of amides is 1. The van der Waals surface area contributed by atoms with Gasteiger partial charge in [0.15, 0.2) is 10.9 Å². The second kappa shape index (κ2) is 7.71. The quantitative estimate of drug-likeness (QED) is 0.331. The lowest BCUT2D eigenvalue weighted by atomic mass is 9.96. The molecule has 4 aromatic rings. The molecule has 0 unspecified atom stereocenters. The first kappa shape index (κ1) is 20.1. The van der Waals surface area contributed by atoms with E-state index in [1.54, 1.807) is 17.5 Å². The van der Waals surface area contributed by atoms with Gasteiger partial charge in [-0.2, -0.15) is 0 Å². The highest BCUT2D eigenvalue weighted by Gasteiger charge is 2.46. The Morgan fingerprint density at radius 2 is 1.94 bits per heavy atom. The molecule has 0 fully saturated rings. The zero-order chi connectivity index (χ0) is 21.7. The third kappa shape index (κ3) is 3.40. The predicted molar refractivity (Wildman–Crippen MR) is 127 cm³/mol. The highest BCUT2D eigenvalue weighted by atomic mass is 79.9. The maximum Gasteiger partial charge on any atom is 0.296 e. The molecule has 5 nitrogen and oxygen atoms in total. The summed E-state index contributed by atoms with van der Waals surface area (Å²) < 4.78 is 1.82. The van der Waals surface area contributed by atoms with Crippen LogP contribution in [0.15, 0.2) is 75.8 Å². The fourth-order valence-corrected chi connectivity index (χ4v) is 5.69. The van der Waals surface area contributed by atoms with Gasteiger partial charge in [-0.1, -0.05) is 51.5 Å². The smallest absolute Gasteiger partial charge is 0.296 e. The monoisotopic (exact) mass is 510 g/mol. The number of carbonyl (C=O) groups is 2. The molecular weight excluding hydrogens is 496 g/mol. The number of nitrogens with zero attached hydrogens (tertiary/aromatic N) is 2. The van der Waals surface area contributed by atoms with E-state index in [-0.39, 0.29) is 11.4 Å². The summed E-state index contributed by atoms with van der Waals surface area (Å²) in [5.74, 6) is -1.50. The third-order valence-electron chi connectivity index (χ3n) is 5.12. The van der Waals surface area contributed by atoms with Crippen molar-refractivity contribution in [1.82, 2.24) is 4.98 Å². The summed E-state index contributed by atoms with van der Waals surface area (Å²) in [6, 6.07) is 16.0. The summed E-state index contributed by atoms with van der Waals surface area (Å²) in [5.41, 5.74) is 2.65. The summed E-state index contributed by atoms with van der Waals surface area (Å²) in [7, 11) is 0. The van der Waals surface area contributed by atoms with Gasteiger partial charge in [-0.15, -0.1) is 11.3 Å². The van der Waals surface area contributed by atoms with Crippen LogP contribution >= 0.6 is 38.6 Å². The summed E-state index contributed by atoms with van der Waals surface area (Å²) in [5, 5.41) is 13.0. The molecule has 1 aliphatic rings. The lowest BCUT2D eigenvalue weighted by Crippen LogP contribution is -2.30. The van der Waals surface area contributed by atoms with Crippen molar-refractivity contribution < 1.29 is 14.7 Å². The second-order valence-corrected chi connectivity index (χ2v) is 10.0. The molecule has 1 aliphatic heterocycles. The first-order valence-corrected chi connectivity index (χ1v) is 11.9. The van der Waals surface area contributed by atoms with Crippen LogP contribution in [0.2, 0.25) is 0 Å². The molecule has 1 N–H and O–H groups in total. The third-order valence-corrected chi connectivity index (χ3v) is 7.54. The number of ketones is 1. The Balaban J connectivity index is 1.68. The molecule has 0 radical (unpaired) electrons. The Morgan fingerprint density at radius 3 is 2.65 bits per heavy atom. The van der Waals surface area contributed by atoms with Crippen LogP contribution in [-0.4, -0.2) is 21.8 Å². The summed E-state index contributed by atoms with van der Waals surface area (Å²) in [6.45, 7) is 2.00. The number of fused-ring (bicyclic) bond motifs is 1. The lowest BCUT2D eigenvalue weighted by Gasteiger charge is -2.24. The maximum atomic E-state index is 13.3. The summed E-state index contributed by atoms with van der Waals surface area (Å²) in [4.78, 5) is 33.0. The van der Waals surface area contributed by atoms with Gasteiger partial charge >= 0.3 is 0 Å². The van der Waals surface area contributed by atoms with E-state index in [1.165, 1.54) is 27.6 Å². The van der Waals surface area contributed by atoms with Crippen molar-refractivity contribution in [2.24, 2.45) is 0 Å². The van der Waals surface area contributed by atoms with Crippen LogP contribution < -0.4 is 4.90 Å². The Kier molecular flexibility index (Phi) is 5.00. The number of anilines is 1. The minimum Gasteiger partial charge on any atom is -0.503 e. The van der Waals surface area contributed by atoms with E-state index in [9.17, 15) is 14.7 Å². The topological polar surface area (TPSA) is 70.5 Å². The number of hydrogen-bond acceptors (Lipinski definition) is 6. The molecule has 0 saturated heterocycles. The van der Waals surface area contributed by atoms with Crippen LogP contribution in [0, 0.1) is 6.92 Å². The van der Waals surface area contributed by atoms with Gasteiger partial charge in [-0.25, -0.2) is 4.98 Å². The number of aromatic nitrogens is 1. The van der Waals surface area contributed by atoms with Gasteiger partial charge in [0.25, 0.3) is 5.91 Å². The lowest BCUT2D eigenvalue weighted by molar-refractivity contribution is -0.117. The van der Waals surface area contributed by atoms with Crippen LogP contribution in [0.25, 0.3) is 10.2 Å². The number of Topliss-reactive ketones (excluding diaryl/α,β-unsaturated/α-hetero) is 1. The molecule has 0 saturated carbocycles. The number of thiophene rings is 1. The van der Waals surface area contributed by atoms with Crippen LogP contribution in [0.1, 0.15) is 26.8 Å². The van der Waals surface area contributed by atoms with Crippen molar-refractivity contribution in [3.63, 3.8) is 0 Å². The average molecular weight is 511 g/mol. The molecule has 154 valence electrons. The Labute approximate surface area is 194 Å². The fourth-order valence-electron chi connectivity index (χ4n) is 3.66. The SMILES string of the molecule is Cc1ccc2nc(N3C(=O)C(O)=C(C(=O)c4cccs4)[C@@H]3c3ccc(Br)cc3)sc2c1. The van der Waals surface area contributed by atoms with Crippen molar-refractivity contribution in [1.29, 1.82) is 0 Å². The average Bonchev–Trinajstić information content (AvgIpc) is 3.47. The van der Waals surface area contributed by atoms with Crippen molar-refractivity contribution in [3.05, 3.63) is 91.8 Å². The van der Waals surface area contributed by atoms with E-state index in [0.29, 0.717) is 10.0 Å². The summed E-state index contributed by atoms with van der Waals surface area (Å²) >= 11 is 6.07. The first-order chi connectivity index (χ1) is 14.9. The van der Waals surface area contributed by atoms with Crippen molar-refractivity contribution >= 4 is 65.6 Å². The molecule has 1 amide bonds. The molecular formula is C23H15BrN2O3S2. The minimum absolute atomic E-state index is 0.0743. The maximum absolute atomic E-state index is 13.3. The highest BCUT2D eigenvalue weighted by molar-refractivity contribution is 9.10. The van der Waals surface area contributed by atoms with E-state index >= 15 is 0 Å². The standard InChI is InChI=1S/C23H15BrN2O3S2/c1-12-4-9-15-17(11-12)31-23(25-15)26-19(13-5-7-14(24)8-6-13)18(21(28)22(26)29)20(27)16-3-2-10-30-16/h2-11,19,28H,1H3/t19-/m0/s1. The fraction of sp³-hybridized carbons (Fsp3) is 0.0870. The normalized spacial score (nSPS) is 16.5. The second-order valence-electron chi connectivity index (χ2n) is 7.17. The molecule has 8 heteroatoms. The zero-order valence-electron chi connectivity index (χ0n) is 16.2. The first-order valence-electron chi connectivity index (χ1n) is 9.41. The number of rotatable bonds is 4. The number of aliphatic hydroxyl groups is 1. The van der Waals surface area contributed by atoms with Gasteiger partial charge < -0.3 is 5.11 Å². The zero-order valence-corrected chi connectivity index (χ0v) is 19.4. The molecule has 2 aromatic carbocycles. The van der Waals surface area contributed by atoms with E-state index in [2.05, 4.69) is 20.9 Å². The Hall–Kier alpha value is -2.81. The molecule has 0 aliphatic carbocycles. The van der Waals surface area contributed by atoms with Gasteiger partial charge in [0.1, 0.15) is 0 Å². The van der Waals surface area contributed by atoms with Crippen LogP contribution in [0.4, 0.5) is 5.13 Å². The van der Waals surface area contributed by atoms with E-state index in [0.717, 1.165) is 25.8 Å². The molecule has 0 bridgehead atoms. The molecule has 5 rings (SSSR count). The van der Waals surface area contributed by atoms with E-state index in [4.69, 9.17) is 0 Å². The number of hydrogen-bond donors (Lipinski definition) is 1. The van der Waals surface area contributed by atoms with E-state index < -0.39 is 17.7 Å². The molecule has 31 heavy (non-hydrogen) atoms. The number of carbonyl (C=O) groups excluding carboxylic acids is 2. The number of benzene rings is 2. The van der Waals surface area contributed by atoms with Gasteiger partial charge in [-0.05, 0) is 53.8 Å². The number of aliphatic hydroxyl groups excluding tert-OH is 1. The van der Waals surface area contributed by atoms with Gasteiger partial charge in [0, 0.05) is 4.47 Å². The summed E-state index contributed by atoms with van der Waals surface area (Å²) in [6.07, 6.45) is 0. The Bertz CT molecular complexity index is 1360. The molecule has 1 atom stereocenters. The minimum atomic E-state index is -0.767. The number of halogens is 1. The van der Waals surface area contributed by atoms with Gasteiger partial charge in [-0.3, -0.25) is 14.5 Å². The van der Waals surface area contributed by atoms with Crippen LogP contribution in [0.3, 0.4) is 0 Å². The van der Waals surface area contributed by atoms with Crippen molar-refractivity contribution in [2.75, 3.05) is 4.90 Å². The molecule has 0 spiro atoms. The highest BCUT2D eigenvalue weighted by Crippen LogP contribution is 2.44. The number of thiazole rings is 1. The van der Waals surface area contributed by atoms with E-state index in [1.807, 2.05) is 49.4 Å². The van der Waals surface area contributed by atoms with Gasteiger partial charge in [0.2, 0.25) is 5.78 Å². The Morgan fingerprint density at radius 1 is 1.16 bits per heavy atom.